The number of nitro benzene ring substituents is 1. The molecule has 0 aromatic heterocycles. The van der Waals surface area contributed by atoms with Crippen LogP contribution in [0.4, 0.5) is 10.1 Å². The highest BCUT2D eigenvalue weighted by atomic mass is 35.5. The first-order valence-electron chi connectivity index (χ1n) is 5.38. The third-order valence-corrected chi connectivity index (χ3v) is 2.78. The topological polar surface area (TPSA) is 69.4 Å². The molecule has 0 saturated heterocycles. The molecule has 102 valence electrons. The summed E-state index contributed by atoms with van der Waals surface area (Å²) in [5.41, 5.74) is -0.0904. The van der Waals surface area contributed by atoms with Gasteiger partial charge in [0.15, 0.2) is 17.9 Å². The molecule has 0 aliphatic rings. The monoisotopic (exact) mass is 295 g/mol. The molecule has 0 N–H and O–H groups in total. The first-order chi connectivity index (χ1) is 9.51. The summed E-state index contributed by atoms with van der Waals surface area (Å²) in [5, 5.41) is 10.7. The van der Waals surface area contributed by atoms with Crippen LogP contribution in [0.1, 0.15) is 10.4 Å². The number of non-ortho nitro benzene ring substituents is 1. The van der Waals surface area contributed by atoms with Gasteiger partial charge < -0.3 is 4.74 Å². The van der Waals surface area contributed by atoms with Crippen LogP contribution in [-0.2, 0) is 0 Å². The van der Waals surface area contributed by atoms with Crippen molar-refractivity contribution in [3.63, 3.8) is 0 Å². The van der Waals surface area contributed by atoms with Crippen LogP contribution in [0.5, 0.6) is 11.5 Å². The van der Waals surface area contributed by atoms with Gasteiger partial charge in [0.1, 0.15) is 5.75 Å². The standard InChI is InChI=1S/C13H7ClFNO4/c14-11-6-10(3-1-8(11)7-17)20-13-4-2-9(16(18)19)5-12(13)15/h1-7H. The maximum atomic E-state index is 13.6. The van der Waals surface area contributed by atoms with Crippen LogP contribution >= 0.6 is 11.6 Å². The molecule has 0 radical (unpaired) electrons. The Bertz CT molecular complexity index is 690. The second kappa shape index (κ2) is 5.66. The van der Waals surface area contributed by atoms with Crippen LogP contribution in [-0.4, -0.2) is 11.2 Å². The number of benzene rings is 2. The van der Waals surface area contributed by atoms with E-state index in [9.17, 15) is 19.3 Å². The van der Waals surface area contributed by atoms with Crippen molar-refractivity contribution in [1.29, 1.82) is 0 Å². The highest BCUT2D eigenvalue weighted by Crippen LogP contribution is 2.29. The Kier molecular flexibility index (Phi) is 3.95. The van der Waals surface area contributed by atoms with Crippen LogP contribution in [0.15, 0.2) is 36.4 Å². The first kappa shape index (κ1) is 14.0. The number of nitrogens with zero attached hydrogens (tertiary/aromatic N) is 1. The molecule has 0 unspecified atom stereocenters. The molecule has 0 atom stereocenters. The molecule has 2 rings (SSSR count). The Morgan fingerprint density at radius 1 is 1.25 bits per heavy atom. The van der Waals surface area contributed by atoms with Gasteiger partial charge in [-0.1, -0.05) is 11.6 Å². The highest BCUT2D eigenvalue weighted by Gasteiger charge is 2.12. The SMILES string of the molecule is O=Cc1ccc(Oc2ccc([N+](=O)[O-])cc2F)cc1Cl. The van der Waals surface area contributed by atoms with E-state index < -0.39 is 10.7 Å². The van der Waals surface area contributed by atoms with Crippen LogP contribution in [0.25, 0.3) is 0 Å². The van der Waals surface area contributed by atoms with Gasteiger partial charge in [0.05, 0.1) is 16.0 Å². The summed E-state index contributed by atoms with van der Waals surface area (Å²) in [6.07, 6.45) is 0.582. The van der Waals surface area contributed by atoms with E-state index in [0.717, 1.165) is 18.2 Å². The molecule has 20 heavy (non-hydrogen) atoms. The normalized spacial score (nSPS) is 10.1. The number of carbonyl (C=O) groups excluding carboxylic acids is 1. The van der Waals surface area contributed by atoms with E-state index >= 15 is 0 Å². The largest absolute Gasteiger partial charge is 0.454 e. The van der Waals surface area contributed by atoms with Crippen molar-refractivity contribution in [2.75, 3.05) is 0 Å². The fourth-order valence-corrected chi connectivity index (χ4v) is 1.70. The van der Waals surface area contributed by atoms with Crippen molar-refractivity contribution in [1.82, 2.24) is 0 Å². The fourth-order valence-electron chi connectivity index (χ4n) is 1.48. The number of halogens is 2. The second-order valence-electron chi connectivity index (χ2n) is 3.78. The summed E-state index contributed by atoms with van der Waals surface area (Å²) in [6, 6.07) is 7.25. The minimum atomic E-state index is -0.866. The molecule has 0 saturated carbocycles. The fraction of sp³-hybridized carbons (Fsp3) is 0. The number of nitro groups is 1. The maximum Gasteiger partial charge on any atom is 0.272 e. The first-order valence-corrected chi connectivity index (χ1v) is 5.75. The van der Waals surface area contributed by atoms with E-state index in [0.29, 0.717) is 6.29 Å². The molecular formula is C13H7ClFNO4. The van der Waals surface area contributed by atoms with Crippen LogP contribution in [0, 0.1) is 15.9 Å². The molecular weight excluding hydrogens is 289 g/mol. The lowest BCUT2D eigenvalue weighted by atomic mass is 10.2. The van der Waals surface area contributed by atoms with E-state index in [1.165, 1.54) is 18.2 Å². The maximum absolute atomic E-state index is 13.6. The van der Waals surface area contributed by atoms with Crippen LogP contribution < -0.4 is 4.74 Å². The minimum absolute atomic E-state index is 0.166. The molecule has 5 nitrogen and oxygen atoms in total. The smallest absolute Gasteiger partial charge is 0.272 e. The molecule has 0 spiro atoms. The van der Waals surface area contributed by atoms with Gasteiger partial charge in [-0.05, 0) is 18.2 Å². The lowest BCUT2D eigenvalue weighted by Crippen LogP contribution is -1.93. The van der Waals surface area contributed by atoms with E-state index in [-0.39, 0.29) is 27.8 Å². The summed E-state index contributed by atoms with van der Waals surface area (Å²) in [7, 11) is 0. The molecule has 2 aromatic carbocycles. The van der Waals surface area contributed by atoms with E-state index in [4.69, 9.17) is 16.3 Å². The van der Waals surface area contributed by atoms with Crippen molar-refractivity contribution in [3.05, 3.63) is 62.9 Å². The second-order valence-corrected chi connectivity index (χ2v) is 4.18. The highest BCUT2D eigenvalue weighted by molar-refractivity contribution is 6.33. The molecule has 0 aliphatic heterocycles. The van der Waals surface area contributed by atoms with E-state index in [1.807, 2.05) is 0 Å². The lowest BCUT2D eigenvalue weighted by molar-refractivity contribution is -0.385. The minimum Gasteiger partial charge on any atom is -0.454 e. The molecule has 2 aromatic rings. The predicted molar refractivity (Wildman–Crippen MR) is 70.0 cm³/mol. The molecule has 0 amide bonds. The Morgan fingerprint density at radius 2 is 2.00 bits per heavy atom. The van der Waals surface area contributed by atoms with Crippen molar-refractivity contribution in [2.24, 2.45) is 0 Å². The summed E-state index contributed by atoms with van der Waals surface area (Å²) < 4.78 is 18.8. The zero-order valence-electron chi connectivity index (χ0n) is 9.88. The summed E-state index contributed by atoms with van der Waals surface area (Å²) in [6.45, 7) is 0. The van der Waals surface area contributed by atoms with Crippen molar-refractivity contribution >= 4 is 23.6 Å². The third-order valence-electron chi connectivity index (χ3n) is 2.45. The summed E-state index contributed by atoms with van der Waals surface area (Å²) in [5.74, 6) is -0.825. The van der Waals surface area contributed by atoms with Gasteiger partial charge >= 0.3 is 0 Å². The molecule has 0 fully saturated rings. The van der Waals surface area contributed by atoms with Crippen LogP contribution in [0.2, 0.25) is 5.02 Å². The van der Waals surface area contributed by atoms with E-state index in [1.54, 1.807) is 0 Å². The van der Waals surface area contributed by atoms with Crippen molar-refractivity contribution < 1.29 is 18.8 Å². The number of hydrogen-bond acceptors (Lipinski definition) is 4. The number of ether oxygens (including phenoxy) is 1. The average Bonchev–Trinajstić information content (AvgIpc) is 2.41. The van der Waals surface area contributed by atoms with Gasteiger partial charge in [0.2, 0.25) is 0 Å². The number of carbonyl (C=O) groups is 1. The lowest BCUT2D eigenvalue weighted by Gasteiger charge is -2.07. The summed E-state index contributed by atoms with van der Waals surface area (Å²) in [4.78, 5) is 20.4. The van der Waals surface area contributed by atoms with Gasteiger partial charge in [-0.3, -0.25) is 14.9 Å². The predicted octanol–water partition coefficient (Wildman–Crippen LogP) is 3.99. The zero-order valence-corrected chi connectivity index (χ0v) is 10.6. The van der Waals surface area contributed by atoms with Gasteiger partial charge in [-0.2, -0.15) is 0 Å². The quantitative estimate of drug-likeness (QED) is 0.486. The van der Waals surface area contributed by atoms with E-state index in [2.05, 4.69) is 0 Å². The number of rotatable bonds is 4. The Balaban J connectivity index is 2.28. The number of aldehydes is 1. The number of hydrogen-bond donors (Lipinski definition) is 0. The van der Waals surface area contributed by atoms with Gasteiger partial charge in [-0.15, -0.1) is 0 Å². The van der Waals surface area contributed by atoms with Crippen LogP contribution in [0.3, 0.4) is 0 Å². The molecule has 0 aliphatic carbocycles. The summed E-state index contributed by atoms with van der Waals surface area (Å²) >= 11 is 5.81. The molecule has 0 bridgehead atoms. The van der Waals surface area contributed by atoms with Crippen molar-refractivity contribution in [3.8, 4) is 11.5 Å². The van der Waals surface area contributed by atoms with Gasteiger partial charge in [0, 0.05) is 17.7 Å². The third kappa shape index (κ3) is 2.92. The average molecular weight is 296 g/mol. The Labute approximate surface area is 117 Å². The zero-order chi connectivity index (χ0) is 14.7. The van der Waals surface area contributed by atoms with Crippen molar-refractivity contribution in [2.45, 2.75) is 0 Å². The Hall–Kier alpha value is -2.47. The molecule has 0 heterocycles. The molecule has 7 heteroatoms. The van der Waals surface area contributed by atoms with Gasteiger partial charge in [0.25, 0.3) is 5.69 Å². The van der Waals surface area contributed by atoms with Gasteiger partial charge in [-0.25, -0.2) is 4.39 Å². The Morgan fingerprint density at radius 3 is 2.55 bits per heavy atom.